The lowest BCUT2D eigenvalue weighted by Gasteiger charge is -2.23. The molecule has 2 unspecified atom stereocenters. The maximum Gasteiger partial charge on any atom is 0.128 e. The number of likely N-dealkylation sites (N-methyl/N-ethyl adjacent to an activating group) is 1. The molecule has 0 aromatic carbocycles. The third kappa shape index (κ3) is 4.42. The van der Waals surface area contributed by atoms with Crippen LogP contribution in [-0.2, 0) is 6.54 Å². The van der Waals surface area contributed by atoms with Crippen LogP contribution in [0.4, 0.5) is 5.82 Å². The van der Waals surface area contributed by atoms with Gasteiger partial charge in [-0.3, -0.25) is 0 Å². The predicted octanol–water partition coefficient (Wildman–Crippen LogP) is 2.36. The Kier molecular flexibility index (Phi) is 4.89. The van der Waals surface area contributed by atoms with Crippen LogP contribution in [0, 0.1) is 5.92 Å². The van der Waals surface area contributed by atoms with Gasteiger partial charge in [0.1, 0.15) is 5.82 Å². The molecular weight excluding hydrogens is 260 g/mol. The van der Waals surface area contributed by atoms with Crippen molar-refractivity contribution >= 4 is 5.82 Å². The van der Waals surface area contributed by atoms with E-state index in [2.05, 4.69) is 75.1 Å². The van der Waals surface area contributed by atoms with Crippen molar-refractivity contribution in [3.63, 3.8) is 0 Å². The molecule has 1 fully saturated rings. The average molecular weight is 290 g/mol. The van der Waals surface area contributed by atoms with Crippen LogP contribution in [-0.4, -0.2) is 48.6 Å². The Morgan fingerprint density at radius 1 is 1.29 bits per heavy atom. The fourth-order valence-electron chi connectivity index (χ4n) is 2.91. The Morgan fingerprint density at radius 3 is 2.57 bits per heavy atom. The normalized spacial score (nSPS) is 23.1. The number of pyridine rings is 1. The first-order chi connectivity index (χ1) is 9.76. The van der Waals surface area contributed by atoms with Crippen LogP contribution in [0.2, 0.25) is 0 Å². The first kappa shape index (κ1) is 16.2. The Bertz CT molecular complexity index is 464. The molecule has 2 heterocycles. The first-order valence-electron chi connectivity index (χ1n) is 7.88. The minimum absolute atomic E-state index is 0.121. The molecule has 21 heavy (non-hydrogen) atoms. The van der Waals surface area contributed by atoms with E-state index in [1.165, 1.54) is 0 Å². The van der Waals surface area contributed by atoms with Crippen LogP contribution >= 0.6 is 0 Å². The van der Waals surface area contributed by atoms with Gasteiger partial charge in [-0.1, -0.05) is 13.0 Å². The second-order valence-electron chi connectivity index (χ2n) is 7.50. The van der Waals surface area contributed by atoms with E-state index >= 15 is 0 Å². The van der Waals surface area contributed by atoms with Crippen molar-refractivity contribution in [2.75, 3.05) is 32.1 Å². The molecule has 1 aromatic heterocycles. The highest BCUT2D eigenvalue weighted by atomic mass is 15.3. The Balaban J connectivity index is 2.05. The van der Waals surface area contributed by atoms with Crippen molar-refractivity contribution < 1.29 is 0 Å². The van der Waals surface area contributed by atoms with Crippen LogP contribution in [0.5, 0.6) is 0 Å². The molecule has 0 radical (unpaired) electrons. The van der Waals surface area contributed by atoms with Gasteiger partial charge in [-0.2, -0.15) is 0 Å². The lowest BCUT2D eigenvalue weighted by Crippen LogP contribution is -2.35. The predicted molar refractivity (Wildman–Crippen MR) is 89.7 cm³/mol. The maximum absolute atomic E-state index is 4.83. The lowest BCUT2D eigenvalue weighted by molar-refractivity contribution is 0.266. The summed E-state index contributed by atoms with van der Waals surface area (Å²) in [7, 11) is 4.34. The van der Waals surface area contributed by atoms with Gasteiger partial charge in [-0.05, 0) is 52.9 Å². The van der Waals surface area contributed by atoms with Gasteiger partial charge in [0, 0.05) is 31.2 Å². The summed E-state index contributed by atoms with van der Waals surface area (Å²) in [5, 5.41) is 3.50. The van der Waals surface area contributed by atoms with Crippen LogP contribution in [0.15, 0.2) is 18.2 Å². The molecule has 0 amide bonds. The van der Waals surface area contributed by atoms with E-state index in [0.717, 1.165) is 31.1 Å². The van der Waals surface area contributed by atoms with Gasteiger partial charge < -0.3 is 15.1 Å². The van der Waals surface area contributed by atoms with E-state index in [9.17, 15) is 0 Å². The van der Waals surface area contributed by atoms with Gasteiger partial charge in [-0.25, -0.2) is 4.98 Å². The number of hydrogen-bond acceptors (Lipinski definition) is 4. The highest BCUT2D eigenvalue weighted by Crippen LogP contribution is 2.24. The number of hydrogen-bond donors (Lipinski definition) is 1. The largest absolute Gasteiger partial charge is 0.355 e. The Hall–Kier alpha value is -1.13. The summed E-state index contributed by atoms with van der Waals surface area (Å²) < 4.78 is 0. The number of anilines is 1. The second-order valence-corrected chi connectivity index (χ2v) is 7.50. The zero-order valence-corrected chi connectivity index (χ0v) is 14.3. The fourth-order valence-corrected chi connectivity index (χ4v) is 2.91. The standard InChI is InChI=1S/C17H30N4/c1-13-11-21(12-15(13)20(5)6)16-9-7-8-14(19-16)10-18-17(2,3)4/h7-9,13,15,18H,10-12H2,1-6H3. The highest BCUT2D eigenvalue weighted by molar-refractivity contribution is 5.41. The van der Waals surface area contributed by atoms with E-state index in [1.807, 2.05) is 0 Å². The molecule has 0 saturated carbocycles. The molecule has 4 heteroatoms. The van der Waals surface area contributed by atoms with Gasteiger partial charge in [0.05, 0.1) is 5.69 Å². The van der Waals surface area contributed by atoms with Crippen LogP contribution in [0.3, 0.4) is 0 Å². The van der Waals surface area contributed by atoms with Crippen LogP contribution in [0.1, 0.15) is 33.4 Å². The SMILES string of the molecule is CC1CN(c2cccc(CNC(C)(C)C)n2)CC1N(C)C. The summed E-state index contributed by atoms with van der Waals surface area (Å²) in [6, 6.07) is 6.97. The summed E-state index contributed by atoms with van der Waals surface area (Å²) in [5.41, 5.74) is 1.24. The van der Waals surface area contributed by atoms with Crippen molar-refractivity contribution in [2.24, 2.45) is 5.92 Å². The molecule has 1 aromatic rings. The van der Waals surface area contributed by atoms with Crippen LogP contribution in [0.25, 0.3) is 0 Å². The second kappa shape index (κ2) is 6.32. The summed E-state index contributed by atoms with van der Waals surface area (Å²) in [6.07, 6.45) is 0. The monoisotopic (exact) mass is 290 g/mol. The number of nitrogens with zero attached hydrogens (tertiary/aromatic N) is 3. The zero-order chi connectivity index (χ0) is 15.6. The fraction of sp³-hybridized carbons (Fsp3) is 0.706. The van der Waals surface area contributed by atoms with Crippen molar-refractivity contribution in [1.82, 2.24) is 15.2 Å². The zero-order valence-electron chi connectivity index (χ0n) is 14.3. The molecule has 0 spiro atoms. The highest BCUT2D eigenvalue weighted by Gasteiger charge is 2.31. The van der Waals surface area contributed by atoms with Crippen LogP contribution < -0.4 is 10.2 Å². The Labute approximate surface area is 129 Å². The molecule has 1 saturated heterocycles. The topological polar surface area (TPSA) is 31.4 Å². The summed E-state index contributed by atoms with van der Waals surface area (Å²) in [4.78, 5) is 9.57. The van der Waals surface area contributed by atoms with Crippen molar-refractivity contribution in [2.45, 2.75) is 45.8 Å². The number of nitrogens with one attached hydrogen (secondary N) is 1. The minimum atomic E-state index is 0.121. The molecule has 1 aliphatic heterocycles. The van der Waals surface area contributed by atoms with Crippen molar-refractivity contribution in [1.29, 1.82) is 0 Å². The number of rotatable bonds is 4. The van der Waals surface area contributed by atoms with Gasteiger partial charge in [0.25, 0.3) is 0 Å². The van der Waals surface area contributed by atoms with Gasteiger partial charge in [0.15, 0.2) is 0 Å². The van der Waals surface area contributed by atoms with Gasteiger partial charge in [-0.15, -0.1) is 0 Å². The lowest BCUT2D eigenvalue weighted by atomic mass is 10.1. The summed E-state index contributed by atoms with van der Waals surface area (Å²) in [6.45, 7) is 11.8. The minimum Gasteiger partial charge on any atom is -0.355 e. The van der Waals surface area contributed by atoms with E-state index in [1.54, 1.807) is 0 Å². The van der Waals surface area contributed by atoms with Crippen molar-refractivity contribution in [3.8, 4) is 0 Å². The van der Waals surface area contributed by atoms with E-state index in [0.29, 0.717) is 12.0 Å². The molecule has 118 valence electrons. The van der Waals surface area contributed by atoms with E-state index in [-0.39, 0.29) is 5.54 Å². The molecule has 0 aliphatic carbocycles. The average Bonchev–Trinajstić information content (AvgIpc) is 2.78. The van der Waals surface area contributed by atoms with Crippen molar-refractivity contribution in [3.05, 3.63) is 23.9 Å². The van der Waals surface area contributed by atoms with E-state index < -0.39 is 0 Å². The summed E-state index contributed by atoms with van der Waals surface area (Å²) >= 11 is 0. The third-order valence-electron chi connectivity index (χ3n) is 4.15. The first-order valence-corrected chi connectivity index (χ1v) is 7.88. The van der Waals surface area contributed by atoms with Gasteiger partial charge >= 0.3 is 0 Å². The van der Waals surface area contributed by atoms with Gasteiger partial charge in [0.2, 0.25) is 0 Å². The summed E-state index contributed by atoms with van der Waals surface area (Å²) in [5.74, 6) is 1.79. The molecule has 2 atom stereocenters. The smallest absolute Gasteiger partial charge is 0.128 e. The number of aromatic nitrogens is 1. The molecule has 1 aliphatic rings. The quantitative estimate of drug-likeness (QED) is 0.922. The maximum atomic E-state index is 4.83. The molecule has 1 N–H and O–H groups in total. The molecule has 0 bridgehead atoms. The molecule has 2 rings (SSSR count). The molecular formula is C17H30N4. The molecule has 4 nitrogen and oxygen atoms in total. The third-order valence-corrected chi connectivity index (χ3v) is 4.15. The van der Waals surface area contributed by atoms with E-state index in [4.69, 9.17) is 4.98 Å². The Morgan fingerprint density at radius 2 is 2.00 bits per heavy atom.